The molecule has 0 unspecified atom stereocenters. The number of nitrogens with two attached hydrogens (primary N) is 1. The third kappa shape index (κ3) is 3.25. The van der Waals surface area contributed by atoms with Crippen LogP contribution in [-0.2, 0) is 21.4 Å². The Morgan fingerprint density at radius 3 is 2.38 bits per heavy atom. The summed E-state index contributed by atoms with van der Waals surface area (Å²) in [6, 6.07) is 8.89. The molecule has 4 N–H and O–H groups in total. The van der Waals surface area contributed by atoms with Gasteiger partial charge >= 0.3 is 5.91 Å². The summed E-state index contributed by atoms with van der Waals surface area (Å²) in [5, 5.41) is 2.38. The van der Waals surface area contributed by atoms with Crippen molar-refractivity contribution in [3.63, 3.8) is 0 Å². The smallest absolute Gasteiger partial charge is 0.301 e. The van der Waals surface area contributed by atoms with Crippen LogP contribution in [0.25, 0.3) is 5.69 Å². The molecule has 0 aliphatic carbocycles. The SMILES string of the molecule is Cc1c(NC(=O)CC(=O)C(=O)NN)c(=O)n(-c2ccccc2)n1C. The molecular weight excluding hydrogens is 314 g/mol. The van der Waals surface area contributed by atoms with E-state index in [9.17, 15) is 19.2 Å². The lowest BCUT2D eigenvalue weighted by Crippen LogP contribution is -2.38. The first kappa shape index (κ1) is 17.2. The van der Waals surface area contributed by atoms with Crippen molar-refractivity contribution in [2.24, 2.45) is 12.9 Å². The molecule has 1 heterocycles. The minimum atomic E-state index is -1.07. The van der Waals surface area contributed by atoms with Crippen molar-refractivity contribution in [2.45, 2.75) is 13.3 Å². The molecule has 0 saturated heterocycles. The fraction of sp³-hybridized carbons (Fsp3) is 0.200. The number of anilines is 1. The van der Waals surface area contributed by atoms with E-state index < -0.39 is 29.6 Å². The second-order valence-corrected chi connectivity index (χ2v) is 5.06. The zero-order valence-corrected chi connectivity index (χ0v) is 13.2. The van der Waals surface area contributed by atoms with E-state index in [2.05, 4.69) is 5.32 Å². The maximum absolute atomic E-state index is 12.6. The van der Waals surface area contributed by atoms with Gasteiger partial charge in [-0.25, -0.2) is 10.5 Å². The summed E-state index contributed by atoms with van der Waals surface area (Å²) in [4.78, 5) is 46.9. The van der Waals surface area contributed by atoms with Crippen LogP contribution in [0, 0.1) is 6.92 Å². The maximum Gasteiger partial charge on any atom is 0.301 e. The minimum Gasteiger partial charge on any atom is -0.320 e. The van der Waals surface area contributed by atoms with Crippen LogP contribution in [0.1, 0.15) is 12.1 Å². The Balaban J connectivity index is 2.30. The molecule has 2 rings (SSSR count). The van der Waals surface area contributed by atoms with Gasteiger partial charge < -0.3 is 5.32 Å². The van der Waals surface area contributed by atoms with Crippen LogP contribution in [0.5, 0.6) is 0 Å². The standard InChI is InChI=1S/C15H17N5O4/c1-9-13(17-12(22)8-11(21)14(23)18-16)15(24)20(19(9)2)10-6-4-3-5-7-10/h3-7H,8,16H2,1-2H3,(H,17,22)(H,18,23). The van der Waals surface area contributed by atoms with E-state index in [4.69, 9.17) is 5.84 Å². The van der Waals surface area contributed by atoms with Gasteiger partial charge in [0, 0.05) is 7.05 Å². The molecule has 1 aromatic heterocycles. The Kier molecular flexibility index (Phi) is 4.95. The average molecular weight is 331 g/mol. The number of para-hydroxylation sites is 1. The average Bonchev–Trinajstić information content (AvgIpc) is 2.78. The van der Waals surface area contributed by atoms with Gasteiger partial charge in [-0.05, 0) is 19.1 Å². The molecule has 0 radical (unpaired) electrons. The van der Waals surface area contributed by atoms with Gasteiger partial charge in [-0.2, -0.15) is 0 Å². The van der Waals surface area contributed by atoms with Crippen molar-refractivity contribution >= 4 is 23.3 Å². The van der Waals surface area contributed by atoms with Gasteiger partial charge in [-0.3, -0.25) is 29.3 Å². The minimum absolute atomic E-state index is 0.0484. The zero-order chi connectivity index (χ0) is 17.9. The molecule has 126 valence electrons. The first-order valence-electron chi connectivity index (χ1n) is 7.04. The van der Waals surface area contributed by atoms with Crippen molar-refractivity contribution < 1.29 is 14.4 Å². The predicted molar refractivity (Wildman–Crippen MR) is 86.3 cm³/mol. The molecule has 0 bridgehead atoms. The van der Waals surface area contributed by atoms with Gasteiger partial charge in [-0.1, -0.05) is 18.2 Å². The highest BCUT2D eigenvalue weighted by atomic mass is 16.2. The molecule has 0 aliphatic heterocycles. The second-order valence-electron chi connectivity index (χ2n) is 5.06. The molecular formula is C15H17N5O4. The van der Waals surface area contributed by atoms with Crippen LogP contribution in [0.2, 0.25) is 0 Å². The second kappa shape index (κ2) is 6.92. The number of Topliss-reactive ketones (excluding diaryl/α,β-unsaturated/α-hetero) is 1. The maximum atomic E-state index is 12.6. The number of hydrogen-bond acceptors (Lipinski definition) is 5. The van der Waals surface area contributed by atoms with Gasteiger partial charge in [0.25, 0.3) is 5.56 Å². The summed E-state index contributed by atoms with van der Waals surface area (Å²) >= 11 is 0. The molecule has 9 heteroatoms. The molecule has 0 fully saturated rings. The van der Waals surface area contributed by atoms with E-state index in [1.165, 1.54) is 4.68 Å². The highest BCUT2D eigenvalue weighted by molar-refractivity contribution is 6.39. The third-order valence-corrected chi connectivity index (χ3v) is 3.52. The number of carbonyl (C=O) groups excluding carboxylic acids is 3. The number of hydrazine groups is 1. The number of hydrogen-bond donors (Lipinski definition) is 3. The molecule has 1 aromatic carbocycles. The third-order valence-electron chi connectivity index (χ3n) is 3.52. The summed E-state index contributed by atoms with van der Waals surface area (Å²) in [6.45, 7) is 1.66. The normalized spacial score (nSPS) is 10.3. The molecule has 2 amide bonds. The Morgan fingerprint density at radius 2 is 1.79 bits per heavy atom. The Hall–Kier alpha value is -3.20. The van der Waals surface area contributed by atoms with Crippen LogP contribution in [0.3, 0.4) is 0 Å². The van der Waals surface area contributed by atoms with Crippen LogP contribution in [0.15, 0.2) is 35.1 Å². The number of aromatic nitrogens is 2. The van der Waals surface area contributed by atoms with Gasteiger partial charge in [0.2, 0.25) is 11.7 Å². The summed E-state index contributed by atoms with van der Waals surface area (Å²) < 4.78 is 2.97. The van der Waals surface area contributed by atoms with E-state index >= 15 is 0 Å². The van der Waals surface area contributed by atoms with Crippen LogP contribution < -0.4 is 22.1 Å². The van der Waals surface area contributed by atoms with E-state index in [0.29, 0.717) is 11.4 Å². The molecule has 24 heavy (non-hydrogen) atoms. The summed E-state index contributed by atoms with van der Waals surface area (Å²) in [5.74, 6) is 1.99. The first-order valence-corrected chi connectivity index (χ1v) is 7.04. The Bertz CT molecular complexity index is 851. The summed E-state index contributed by atoms with van der Waals surface area (Å²) in [5.41, 5.74) is 2.40. The van der Waals surface area contributed by atoms with Gasteiger partial charge in [0.15, 0.2) is 0 Å². The topological polar surface area (TPSA) is 128 Å². The zero-order valence-electron chi connectivity index (χ0n) is 13.2. The molecule has 0 saturated carbocycles. The number of ketones is 1. The fourth-order valence-electron chi connectivity index (χ4n) is 2.20. The predicted octanol–water partition coefficient (Wildman–Crippen LogP) is -0.628. The number of amides is 2. The number of nitrogens with one attached hydrogen (secondary N) is 2. The van der Waals surface area contributed by atoms with Crippen molar-refractivity contribution in [3.05, 3.63) is 46.4 Å². The molecule has 0 spiro atoms. The Labute approximate surface area is 137 Å². The number of benzene rings is 1. The van der Waals surface area contributed by atoms with Gasteiger partial charge in [0.05, 0.1) is 17.8 Å². The highest BCUT2D eigenvalue weighted by Crippen LogP contribution is 2.14. The lowest BCUT2D eigenvalue weighted by Gasteiger charge is -2.07. The van der Waals surface area contributed by atoms with Gasteiger partial charge in [-0.15, -0.1) is 0 Å². The van der Waals surface area contributed by atoms with E-state index in [1.54, 1.807) is 48.3 Å². The van der Waals surface area contributed by atoms with Crippen molar-refractivity contribution in [3.8, 4) is 5.69 Å². The first-order chi connectivity index (χ1) is 11.4. The monoisotopic (exact) mass is 331 g/mol. The largest absolute Gasteiger partial charge is 0.320 e. The lowest BCUT2D eigenvalue weighted by atomic mass is 10.2. The summed E-state index contributed by atoms with van der Waals surface area (Å²) in [6.07, 6.45) is -0.706. The molecule has 9 nitrogen and oxygen atoms in total. The van der Waals surface area contributed by atoms with Gasteiger partial charge in [0.1, 0.15) is 5.69 Å². The van der Waals surface area contributed by atoms with E-state index in [0.717, 1.165) is 0 Å². The Morgan fingerprint density at radius 1 is 1.17 bits per heavy atom. The fourth-order valence-corrected chi connectivity index (χ4v) is 2.20. The summed E-state index contributed by atoms with van der Waals surface area (Å²) in [7, 11) is 1.67. The number of carbonyl (C=O) groups is 3. The van der Waals surface area contributed by atoms with E-state index in [1.807, 2.05) is 6.07 Å². The quantitative estimate of drug-likeness (QED) is 0.221. The molecule has 0 atom stereocenters. The molecule has 2 aromatic rings. The van der Waals surface area contributed by atoms with Crippen LogP contribution in [0.4, 0.5) is 5.69 Å². The lowest BCUT2D eigenvalue weighted by molar-refractivity contribution is -0.139. The van der Waals surface area contributed by atoms with Crippen LogP contribution in [-0.4, -0.2) is 27.0 Å². The van der Waals surface area contributed by atoms with Crippen molar-refractivity contribution in [1.82, 2.24) is 14.8 Å². The van der Waals surface area contributed by atoms with E-state index in [-0.39, 0.29) is 5.69 Å². The van der Waals surface area contributed by atoms with Crippen LogP contribution >= 0.6 is 0 Å². The number of nitrogens with zero attached hydrogens (tertiary/aromatic N) is 2. The highest BCUT2D eigenvalue weighted by Gasteiger charge is 2.21. The van der Waals surface area contributed by atoms with Crippen molar-refractivity contribution in [1.29, 1.82) is 0 Å². The molecule has 0 aliphatic rings. The number of rotatable bonds is 5. The van der Waals surface area contributed by atoms with Crippen molar-refractivity contribution in [2.75, 3.05) is 5.32 Å².